The third kappa shape index (κ3) is 19.5. The number of nitrogens with zero attached hydrogens (tertiary/aromatic N) is 6. The first-order valence-electron chi connectivity index (χ1n) is 24.8. The van der Waals surface area contributed by atoms with Crippen LogP contribution < -0.4 is 0 Å². The Kier molecular flexibility index (Phi) is 20.6. The van der Waals surface area contributed by atoms with Crippen LogP contribution >= 0.6 is 0 Å². The van der Waals surface area contributed by atoms with E-state index in [0.29, 0.717) is 24.7 Å². The Balaban J connectivity index is 0.000000249. The van der Waals surface area contributed by atoms with Crippen LogP contribution in [0.4, 0.5) is 0 Å². The zero-order chi connectivity index (χ0) is 47.7. The molecule has 3 fully saturated rings. The van der Waals surface area contributed by atoms with Crippen molar-refractivity contribution in [3.63, 3.8) is 0 Å². The lowest BCUT2D eigenvalue weighted by atomic mass is 9.84. The summed E-state index contributed by atoms with van der Waals surface area (Å²) in [6.45, 7) is 17.6. The Labute approximate surface area is 395 Å². The van der Waals surface area contributed by atoms with Crippen LogP contribution in [0.1, 0.15) is 198 Å². The van der Waals surface area contributed by atoms with Crippen LogP contribution in [0.5, 0.6) is 0 Å². The fourth-order valence-corrected chi connectivity index (χ4v) is 10.0. The van der Waals surface area contributed by atoms with E-state index in [9.17, 15) is 18.0 Å². The summed E-state index contributed by atoms with van der Waals surface area (Å²) in [7, 11) is -1.80. The normalized spacial score (nSPS) is 18.3. The molecule has 3 heterocycles. The maximum atomic E-state index is 12.5. The van der Waals surface area contributed by atoms with Crippen LogP contribution in [-0.2, 0) is 46.5 Å². The minimum Gasteiger partial charge on any atom is -0.460 e. The Morgan fingerprint density at radius 3 is 1.62 bits per heavy atom. The molecule has 370 valence electrons. The largest absolute Gasteiger partial charge is 0.460 e. The van der Waals surface area contributed by atoms with Crippen LogP contribution in [-0.4, -0.2) is 94.9 Å². The standard InChI is InChI=1S/C26H38N2O6S.C24H42N4O3/c1-19-13-15-22(16-14-19)35(30,31)32-18-23-27-25(34-28-23)21(17-24(29)33-26(2,3)4)12-8-11-20-9-6-5-7-10-20;1-24(2,3)30-22(29)17-20(12-8-11-19-9-6-5-7-10-19)23-25-21(26-31-23)18-28-15-13-27(4)14-16-28/h13-16,20-21H,5-12,17-18H2,1-4H3;19-20H,5-18H2,1-4H3/t21-;20-/m11/s1. The summed E-state index contributed by atoms with van der Waals surface area (Å²) in [5.41, 5.74) is -0.112. The SMILES string of the molecule is CN1CCN(Cc2noc([C@H](CCCC3CCCCC3)CC(=O)OC(C)(C)C)n2)CC1.Cc1ccc(S(=O)(=O)OCc2noc([C@H](CCCC3CCCCC3)CC(=O)OC(C)(C)C)n2)cc1. The Morgan fingerprint density at radius 2 is 1.15 bits per heavy atom. The lowest BCUT2D eigenvalue weighted by Crippen LogP contribution is -2.44. The Morgan fingerprint density at radius 1 is 0.697 bits per heavy atom. The van der Waals surface area contributed by atoms with E-state index in [4.69, 9.17) is 27.7 Å². The molecule has 2 saturated carbocycles. The van der Waals surface area contributed by atoms with E-state index in [1.807, 2.05) is 48.5 Å². The van der Waals surface area contributed by atoms with Crippen molar-refractivity contribution in [3.8, 4) is 0 Å². The number of carbonyl (C=O) groups excluding carboxylic acids is 2. The molecule has 0 radical (unpaired) electrons. The number of hydrogen-bond donors (Lipinski definition) is 0. The van der Waals surface area contributed by atoms with Crippen molar-refractivity contribution in [2.24, 2.45) is 11.8 Å². The summed E-state index contributed by atoms with van der Waals surface area (Å²) in [5, 5.41) is 8.14. The molecule has 0 N–H and O–H groups in total. The van der Waals surface area contributed by atoms with E-state index in [-0.39, 0.29) is 47.5 Å². The zero-order valence-corrected chi connectivity index (χ0v) is 42.2. The van der Waals surface area contributed by atoms with Crippen molar-refractivity contribution in [2.45, 2.75) is 205 Å². The fraction of sp³-hybridized carbons (Fsp3) is 0.760. The van der Waals surface area contributed by atoms with Gasteiger partial charge in [0.05, 0.1) is 24.3 Å². The minimum atomic E-state index is -3.95. The number of likely N-dealkylation sites (N-methyl/N-ethyl adjacent to an activating group) is 1. The van der Waals surface area contributed by atoms with Gasteiger partial charge in [-0.15, -0.1) is 0 Å². The number of hydrogen-bond acceptors (Lipinski definition) is 15. The predicted molar refractivity (Wildman–Crippen MR) is 252 cm³/mol. The molecule has 15 nitrogen and oxygen atoms in total. The van der Waals surface area contributed by atoms with Crippen LogP contribution in [0.2, 0.25) is 0 Å². The van der Waals surface area contributed by atoms with Crippen molar-refractivity contribution in [1.82, 2.24) is 30.1 Å². The van der Waals surface area contributed by atoms with E-state index in [1.54, 1.807) is 12.1 Å². The number of esters is 2. The van der Waals surface area contributed by atoms with Crippen molar-refractivity contribution in [1.29, 1.82) is 0 Å². The number of ether oxygens (including phenoxy) is 2. The highest BCUT2D eigenvalue weighted by Gasteiger charge is 2.29. The molecule has 66 heavy (non-hydrogen) atoms. The quantitative estimate of drug-likeness (QED) is 0.0770. The fourth-order valence-electron chi connectivity index (χ4n) is 9.15. The topological polar surface area (TPSA) is 180 Å². The number of piperazine rings is 1. The van der Waals surface area contributed by atoms with E-state index in [0.717, 1.165) is 81.5 Å². The molecule has 1 aromatic carbocycles. The van der Waals surface area contributed by atoms with Crippen molar-refractivity contribution in [3.05, 3.63) is 53.3 Å². The van der Waals surface area contributed by atoms with Gasteiger partial charge in [-0.25, -0.2) is 0 Å². The molecule has 1 saturated heterocycles. The van der Waals surface area contributed by atoms with Crippen molar-refractivity contribution < 1.29 is 40.7 Å². The molecule has 3 aliphatic rings. The summed E-state index contributed by atoms with van der Waals surface area (Å²) in [6, 6.07) is 6.40. The van der Waals surface area contributed by atoms with E-state index in [1.165, 1.54) is 82.8 Å². The molecule has 3 aromatic rings. The summed E-state index contributed by atoms with van der Waals surface area (Å²) in [5.74, 6) is 2.47. The Hall–Kier alpha value is -3.73. The number of benzene rings is 1. The highest BCUT2D eigenvalue weighted by Crippen LogP contribution is 2.33. The Bertz CT molecular complexity index is 2000. The van der Waals surface area contributed by atoms with Crippen molar-refractivity contribution in [2.75, 3.05) is 33.2 Å². The first kappa shape index (κ1) is 53.2. The smallest absolute Gasteiger partial charge is 0.307 e. The number of rotatable bonds is 20. The summed E-state index contributed by atoms with van der Waals surface area (Å²) >= 11 is 0. The molecular weight excluding hydrogens is 861 g/mol. The van der Waals surface area contributed by atoms with Crippen LogP contribution in [0.25, 0.3) is 0 Å². The van der Waals surface area contributed by atoms with E-state index in [2.05, 4.69) is 32.1 Å². The maximum absolute atomic E-state index is 12.5. The molecule has 0 unspecified atom stereocenters. The highest BCUT2D eigenvalue weighted by atomic mass is 32.2. The number of aryl methyl sites for hydroxylation is 1. The van der Waals surface area contributed by atoms with Gasteiger partial charge in [0.25, 0.3) is 10.1 Å². The van der Waals surface area contributed by atoms with Gasteiger partial charge in [-0.2, -0.15) is 18.4 Å². The summed E-state index contributed by atoms with van der Waals surface area (Å²) in [6.07, 6.45) is 19.7. The number of aromatic nitrogens is 4. The van der Waals surface area contributed by atoms with Gasteiger partial charge in [0.2, 0.25) is 11.8 Å². The average Bonchev–Trinajstić information content (AvgIpc) is 3.93. The van der Waals surface area contributed by atoms with E-state index < -0.39 is 21.3 Å². The number of carbonyl (C=O) groups is 2. The second kappa shape index (κ2) is 25.6. The van der Waals surface area contributed by atoms with Gasteiger partial charge in [0.15, 0.2) is 11.6 Å². The third-order valence-electron chi connectivity index (χ3n) is 12.7. The van der Waals surface area contributed by atoms with Gasteiger partial charge < -0.3 is 23.4 Å². The minimum absolute atomic E-state index is 0.0628. The van der Waals surface area contributed by atoms with Gasteiger partial charge in [-0.1, -0.05) is 118 Å². The molecule has 2 aliphatic carbocycles. The average molecular weight is 941 g/mol. The molecule has 0 amide bonds. The molecule has 0 bridgehead atoms. The first-order chi connectivity index (χ1) is 31.3. The molecule has 16 heteroatoms. The molecule has 2 atom stereocenters. The maximum Gasteiger partial charge on any atom is 0.307 e. The monoisotopic (exact) mass is 941 g/mol. The van der Waals surface area contributed by atoms with Crippen LogP contribution in [0, 0.1) is 18.8 Å². The van der Waals surface area contributed by atoms with Gasteiger partial charge >= 0.3 is 11.9 Å². The molecule has 6 rings (SSSR count). The highest BCUT2D eigenvalue weighted by molar-refractivity contribution is 7.86. The second-order valence-corrected chi connectivity index (χ2v) is 22.7. The van der Waals surface area contributed by atoms with Gasteiger partial charge in [-0.05, 0) is 92.3 Å². The van der Waals surface area contributed by atoms with Crippen molar-refractivity contribution >= 4 is 22.1 Å². The molecular formula is C50H80N6O9S. The molecule has 2 aromatic heterocycles. The van der Waals surface area contributed by atoms with Gasteiger partial charge in [0.1, 0.15) is 17.8 Å². The van der Waals surface area contributed by atoms with Crippen LogP contribution in [0.3, 0.4) is 0 Å². The third-order valence-corrected chi connectivity index (χ3v) is 14.0. The van der Waals surface area contributed by atoms with Crippen LogP contribution in [0.15, 0.2) is 38.2 Å². The zero-order valence-electron chi connectivity index (χ0n) is 41.4. The summed E-state index contributed by atoms with van der Waals surface area (Å²) in [4.78, 5) is 38.9. The second-order valence-electron chi connectivity index (χ2n) is 21.1. The summed E-state index contributed by atoms with van der Waals surface area (Å²) < 4.78 is 52.2. The molecule has 0 spiro atoms. The van der Waals surface area contributed by atoms with Gasteiger partial charge in [0, 0.05) is 38.0 Å². The molecule has 1 aliphatic heterocycles. The predicted octanol–water partition coefficient (Wildman–Crippen LogP) is 10.2. The van der Waals surface area contributed by atoms with E-state index >= 15 is 0 Å². The first-order valence-corrected chi connectivity index (χ1v) is 26.2. The van der Waals surface area contributed by atoms with Gasteiger partial charge in [-0.3, -0.25) is 18.7 Å². The lowest BCUT2D eigenvalue weighted by molar-refractivity contribution is -0.156. The lowest BCUT2D eigenvalue weighted by Gasteiger charge is -2.31.